The van der Waals surface area contributed by atoms with Gasteiger partial charge in [-0.05, 0) is 36.4 Å². The molecule has 0 aliphatic rings. The standard InChI is InChI=1S/C23H23Cl2N5/c24-15-17-30(18-16-25)22-13-11-21(12-14-22)27-29-23(19-7-3-1-4-8-19)28-26-20-9-5-2-6-10-20/h1-14,26H,15-18H2. The molecule has 0 aliphatic heterocycles. The van der Waals surface area contributed by atoms with E-state index in [-0.39, 0.29) is 0 Å². The molecule has 0 aromatic heterocycles. The van der Waals surface area contributed by atoms with Crippen LogP contribution < -0.4 is 10.3 Å². The van der Waals surface area contributed by atoms with Crippen LogP contribution in [-0.4, -0.2) is 30.7 Å². The molecular weight excluding hydrogens is 417 g/mol. The molecule has 0 radical (unpaired) electrons. The van der Waals surface area contributed by atoms with Crippen LogP contribution in [0.3, 0.4) is 0 Å². The molecule has 154 valence electrons. The van der Waals surface area contributed by atoms with E-state index >= 15 is 0 Å². The molecule has 0 bridgehead atoms. The first-order valence-electron chi connectivity index (χ1n) is 9.63. The molecule has 0 atom stereocenters. The van der Waals surface area contributed by atoms with Crippen molar-refractivity contribution in [3.8, 4) is 0 Å². The molecule has 0 unspecified atom stereocenters. The Bertz CT molecular complexity index is 938. The van der Waals surface area contributed by atoms with E-state index in [0.717, 1.165) is 35.7 Å². The van der Waals surface area contributed by atoms with Gasteiger partial charge < -0.3 is 4.90 Å². The first kappa shape index (κ1) is 21.8. The largest absolute Gasteiger partial charge is 0.369 e. The van der Waals surface area contributed by atoms with Gasteiger partial charge in [-0.1, -0.05) is 48.5 Å². The smallest absolute Gasteiger partial charge is 0.201 e. The zero-order valence-electron chi connectivity index (χ0n) is 16.5. The third-order valence-corrected chi connectivity index (χ3v) is 4.62. The molecule has 0 fully saturated rings. The van der Waals surface area contributed by atoms with Crippen LogP contribution in [0, 0.1) is 0 Å². The Morgan fingerprint density at radius 1 is 0.767 bits per heavy atom. The summed E-state index contributed by atoms with van der Waals surface area (Å²) in [5.74, 6) is 1.59. The molecule has 1 N–H and O–H groups in total. The van der Waals surface area contributed by atoms with Crippen LogP contribution in [0.4, 0.5) is 17.1 Å². The number of alkyl halides is 2. The molecule has 3 aromatic carbocycles. The van der Waals surface area contributed by atoms with Gasteiger partial charge in [-0.25, -0.2) is 0 Å². The van der Waals surface area contributed by atoms with Crippen molar-refractivity contribution in [1.29, 1.82) is 0 Å². The maximum absolute atomic E-state index is 5.89. The molecule has 0 heterocycles. The van der Waals surface area contributed by atoms with Gasteiger partial charge in [0.05, 0.1) is 11.4 Å². The van der Waals surface area contributed by atoms with E-state index in [2.05, 4.69) is 25.7 Å². The summed E-state index contributed by atoms with van der Waals surface area (Å²) in [6.07, 6.45) is 0. The highest BCUT2D eigenvalue weighted by molar-refractivity contribution is 6.18. The Kier molecular flexibility index (Phi) is 8.69. The first-order valence-corrected chi connectivity index (χ1v) is 10.7. The van der Waals surface area contributed by atoms with Gasteiger partial charge in [0, 0.05) is 36.1 Å². The second-order valence-electron chi connectivity index (χ2n) is 6.36. The third-order valence-electron chi connectivity index (χ3n) is 4.28. The molecule has 0 spiro atoms. The zero-order chi connectivity index (χ0) is 21.0. The van der Waals surface area contributed by atoms with Crippen molar-refractivity contribution in [2.45, 2.75) is 0 Å². The summed E-state index contributed by atoms with van der Waals surface area (Å²) >= 11 is 11.8. The number of nitrogens with zero attached hydrogens (tertiary/aromatic N) is 4. The van der Waals surface area contributed by atoms with Crippen LogP contribution in [0.25, 0.3) is 0 Å². The van der Waals surface area contributed by atoms with Crippen LogP contribution >= 0.6 is 23.2 Å². The Hall–Kier alpha value is -2.89. The molecule has 5 nitrogen and oxygen atoms in total. The first-order chi connectivity index (χ1) is 14.8. The van der Waals surface area contributed by atoms with Gasteiger partial charge in [0.2, 0.25) is 5.84 Å². The molecule has 3 rings (SSSR count). The lowest BCUT2D eigenvalue weighted by Gasteiger charge is -2.22. The molecule has 0 aliphatic carbocycles. The molecule has 30 heavy (non-hydrogen) atoms. The Morgan fingerprint density at radius 2 is 1.37 bits per heavy atom. The minimum absolute atomic E-state index is 0.495. The minimum atomic E-state index is 0.495. The van der Waals surface area contributed by atoms with Crippen molar-refractivity contribution in [2.24, 2.45) is 15.3 Å². The van der Waals surface area contributed by atoms with E-state index in [1.165, 1.54) is 0 Å². The zero-order valence-corrected chi connectivity index (χ0v) is 18.0. The topological polar surface area (TPSA) is 52.4 Å². The van der Waals surface area contributed by atoms with Crippen LogP contribution in [0.5, 0.6) is 0 Å². The van der Waals surface area contributed by atoms with Gasteiger partial charge >= 0.3 is 0 Å². The fraction of sp³-hybridized carbons (Fsp3) is 0.174. The van der Waals surface area contributed by atoms with Crippen LogP contribution in [0.15, 0.2) is 100 Å². The Morgan fingerprint density at radius 3 is 1.97 bits per heavy atom. The maximum atomic E-state index is 5.89. The monoisotopic (exact) mass is 439 g/mol. The minimum Gasteiger partial charge on any atom is -0.369 e. The number of para-hydroxylation sites is 1. The van der Waals surface area contributed by atoms with Crippen molar-refractivity contribution in [3.05, 3.63) is 90.5 Å². The molecule has 0 saturated heterocycles. The second kappa shape index (κ2) is 12.0. The van der Waals surface area contributed by atoms with Gasteiger partial charge in [0.1, 0.15) is 0 Å². The number of azo groups is 1. The molecular formula is C23H23Cl2N5. The highest BCUT2D eigenvalue weighted by atomic mass is 35.5. The predicted molar refractivity (Wildman–Crippen MR) is 128 cm³/mol. The van der Waals surface area contributed by atoms with E-state index in [0.29, 0.717) is 17.6 Å². The van der Waals surface area contributed by atoms with Gasteiger partial charge in [0.25, 0.3) is 0 Å². The Labute approximate surface area is 187 Å². The maximum Gasteiger partial charge on any atom is 0.201 e. The van der Waals surface area contributed by atoms with E-state index in [1.807, 2.05) is 84.9 Å². The summed E-state index contributed by atoms with van der Waals surface area (Å²) in [5.41, 5.74) is 6.57. The summed E-state index contributed by atoms with van der Waals surface area (Å²) in [6.45, 7) is 1.48. The van der Waals surface area contributed by atoms with Crippen molar-refractivity contribution in [1.82, 2.24) is 0 Å². The number of rotatable bonds is 9. The SMILES string of the molecule is ClCCN(CCCl)c1ccc(N=NC(=NNc2ccccc2)c2ccccc2)cc1. The summed E-state index contributed by atoms with van der Waals surface area (Å²) in [5, 5.41) is 13.2. The van der Waals surface area contributed by atoms with Crippen molar-refractivity contribution in [3.63, 3.8) is 0 Å². The molecule has 7 heteroatoms. The quantitative estimate of drug-likeness (QED) is 0.135. The highest BCUT2D eigenvalue weighted by Crippen LogP contribution is 2.21. The molecule has 3 aromatic rings. The third kappa shape index (κ3) is 6.58. The Balaban J connectivity index is 1.78. The summed E-state index contributed by atoms with van der Waals surface area (Å²) in [7, 11) is 0. The van der Waals surface area contributed by atoms with Gasteiger partial charge in [-0.3, -0.25) is 5.43 Å². The number of hydrogen-bond acceptors (Lipinski definition) is 4. The van der Waals surface area contributed by atoms with E-state index in [4.69, 9.17) is 23.2 Å². The fourth-order valence-corrected chi connectivity index (χ4v) is 3.18. The van der Waals surface area contributed by atoms with Crippen LogP contribution in [0.1, 0.15) is 5.56 Å². The average molecular weight is 440 g/mol. The number of hydrazone groups is 1. The van der Waals surface area contributed by atoms with E-state index < -0.39 is 0 Å². The number of hydrogen-bond donors (Lipinski definition) is 1. The number of halogens is 2. The highest BCUT2D eigenvalue weighted by Gasteiger charge is 2.06. The number of nitrogens with one attached hydrogen (secondary N) is 1. The summed E-state index contributed by atoms with van der Waals surface area (Å²) in [6, 6.07) is 27.3. The second-order valence-corrected chi connectivity index (χ2v) is 7.12. The lowest BCUT2D eigenvalue weighted by Crippen LogP contribution is -2.27. The number of benzene rings is 3. The summed E-state index contributed by atoms with van der Waals surface area (Å²) < 4.78 is 0. The number of amidine groups is 1. The van der Waals surface area contributed by atoms with Crippen molar-refractivity contribution >= 4 is 46.1 Å². The summed E-state index contributed by atoms with van der Waals surface area (Å²) in [4.78, 5) is 2.14. The van der Waals surface area contributed by atoms with Crippen molar-refractivity contribution in [2.75, 3.05) is 35.2 Å². The van der Waals surface area contributed by atoms with E-state index in [9.17, 15) is 0 Å². The van der Waals surface area contributed by atoms with Gasteiger partial charge in [-0.15, -0.1) is 33.4 Å². The lowest BCUT2D eigenvalue weighted by atomic mass is 10.2. The average Bonchev–Trinajstić information content (AvgIpc) is 2.81. The van der Waals surface area contributed by atoms with Crippen molar-refractivity contribution < 1.29 is 0 Å². The normalized spacial score (nSPS) is 11.6. The van der Waals surface area contributed by atoms with Crippen LogP contribution in [-0.2, 0) is 0 Å². The predicted octanol–water partition coefficient (Wildman–Crippen LogP) is 6.53. The lowest BCUT2D eigenvalue weighted by molar-refractivity contribution is 0.874. The fourth-order valence-electron chi connectivity index (χ4n) is 2.77. The molecule has 0 amide bonds. The van der Waals surface area contributed by atoms with Crippen LogP contribution in [0.2, 0.25) is 0 Å². The number of anilines is 2. The van der Waals surface area contributed by atoms with Gasteiger partial charge in [0.15, 0.2) is 0 Å². The van der Waals surface area contributed by atoms with Gasteiger partial charge in [-0.2, -0.15) is 5.10 Å². The van der Waals surface area contributed by atoms with E-state index in [1.54, 1.807) is 0 Å². The molecule has 0 saturated carbocycles.